The number of piperazine rings is 1. The second-order valence-corrected chi connectivity index (χ2v) is 4.47. The van der Waals surface area contributed by atoms with Gasteiger partial charge in [0.2, 0.25) is 5.96 Å². The van der Waals surface area contributed by atoms with Crippen molar-refractivity contribution in [3.8, 4) is 0 Å². The molecule has 0 aliphatic carbocycles. The van der Waals surface area contributed by atoms with Gasteiger partial charge in [-0.15, -0.1) is 0 Å². The molecule has 0 saturated carbocycles. The van der Waals surface area contributed by atoms with Crippen LogP contribution >= 0.6 is 0 Å². The predicted molar refractivity (Wildman–Crippen MR) is 73.2 cm³/mol. The summed E-state index contributed by atoms with van der Waals surface area (Å²) in [6, 6.07) is 9.53. The Hall–Kier alpha value is -2.44. The minimum absolute atomic E-state index is 0.0716. The zero-order chi connectivity index (χ0) is 14.4. The molecule has 0 bridgehead atoms. The lowest BCUT2D eigenvalue weighted by molar-refractivity contribution is 0.0819. The van der Waals surface area contributed by atoms with Crippen molar-refractivity contribution in [3.05, 3.63) is 35.9 Å². The van der Waals surface area contributed by atoms with E-state index in [1.54, 1.807) is 9.80 Å². The lowest BCUT2D eigenvalue weighted by Crippen LogP contribution is -2.52. The highest BCUT2D eigenvalue weighted by Crippen LogP contribution is 2.06. The number of oxime groups is 1. The van der Waals surface area contributed by atoms with Crippen molar-refractivity contribution in [3.63, 3.8) is 0 Å². The fourth-order valence-corrected chi connectivity index (χ4v) is 1.99. The molecule has 1 aliphatic rings. The van der Waals surface area contributed by atoms with Gasteiger partial charge < -0.3 is 25.5 Å². The maximum atomic E-state index is 11.9. The lowest BCUT2D eigenvalue weighted by atomic mass is 10.2. The fraction of sp³-hybridized carbons (Fsp3) is 0.385. The molecule has 3 N–H and O–H groups in total. The highest BCUT2D eigenvalue weighted by atomic mass is 16.6. The molecular weight excluding hydrogens is 260 g/mol. The van der Waals surface area contributed by atoms with Crippen LogP contribution in [-0.4, -0.2) is 53.2 Å². The van der Waals surface area contributed by atoms with Crippen LogP contribution in [0.1, 0.15) is 5.56 Å². The van der Waals surface area contributed by atoms with E-state index in [0.717, 1.165) is 5.56 Å². The van der Waals surface area contributed by atoms with Gasteiger partial charge in [0.1, 0.15) is 6.61 Å². The molecule has 1 aliphatic heterocycles. The van der Waals surface area contributed by atoms with Crippen molar-refractivity contribution in [2.75, 3.05) is 26.2 Å². The van der Waals surface area contributed by atoms with Crippen LogP contribution in [0.4, 0.5) is 4.79 Å². The molecule has 0 unspecified atom stereocenters. The first kappa shape index (κ1) is 14.0. The summed E-state index contributed by atoms with van der Waals surface area (Å²) in [6.45, 7) is 2.29. The summed E-state index contributed by atoms with van der Waals surface area (Å²) in [6.07, 6.45) is -0.340. The summed E-state index contributed by atoms with van der Waals surface area (Å²) >= 11 is 0. The number of hydrogen-bond acceptors (Lipinski definition) is 4. The minimum atomic E-state index is -0.340. The van der Waals surface area contributed by atoms with Gasteiger partial charge in [-0.25, -0.2) is 4.79 Å². The van der Waals surface area contributed by atoms with Gasteiger partial charge in [0.15, 0.2) is 0 Å². The van der Waals surface area contributed by atoms with Crippen molar-refractivity contribution in [2.24, 2.45) is 10.9 Å². The van der Waals surface area contributed by atoms with Crippen LogP contribution in [0.5, 0.6) is 0 Å². The van der Waals surface area contributed by atoms with Gasteiger partial charge >= 0.3 is 6.09 Å². The van der Waals surface area contributed by atoms with Crippen molar-refractivity contribution in [1.82, 2.24) is 9.80 Å². The third-order valence-electron chi connectivity index (χ3n) is 3.17. The average molecular weight is 278 g/mol. The van der Waals surface area contributed by atoms with E-state index in [2.05, 4.69) is 5.16 Å². The molecule has 1 saturated heterocycles. The van der Waals surface area contributed by atoms with Crippen LogP contribution in [0, 0.1) is 0 Å². The largest absolute Gasteiger partial charge is 0.445 e. The normalized spacial score (nSPS) is 16.1. The van der Waals surface area contributed by atoms with Crippen molar-refractivity contribution in [1.29, 1.82) is 0 Å². The van der Waals surface area contributed by atoms with E-state index in [4.69, 9.17) is 15.7 Å². The molecule has 1 fully saturated rings. The molecule has 7 heteroatoms. The van der Waals surface area contributed by atoms with Crippen LogP contribution in [-0.2, 0) is 11.3 Å². The molecule has 108 valence electrons. The number of guanidine groups is 1. The van der Waals surface area contributed by atoms with E-state index < -0.39 is 0 Å². The zero-order valence-corrected chi connectivity index (χ0v) is 11.1. The number of nitrogens with zero attached hydrogens (tertiary/aromatic N) is 3. The second-order valence-electron chi connectivity index (χ2n) is 4.47. The summed E-state index contributed by atoms with van der Waals surface area (Å²) in [5, 5.41) is 11.5. The SMILES string of the molecule is NC(=NO)N1CCN(C(=O)OCc2ccccc2)CC1. The van der Waals surface area contributed by atoms with Crippen LogP contribution < -0.4 is 5.73 Å². The maximum Gasteiger partial charge on any atom is 0.410 e. The Bertz CT molecular complexity index is 470. The molecule has 0 spiro atoms. The maximum absolute atomic E-state index is 11.9. The first-order valence-electron chi connectivity index (χ1n) is 6.39. The van der Waals surface area contributed by atoms with Gasteiger partial charge in [-0.3, -0.25) is 0 Å². The molecule has 0 radical (unpaired) electrons. The summed E-state index contributed by atoms with van der Waals surface area (Å²) < 4.78 is 5.25. The van der Waals surface area contributed by atoms with E-state index in [9.17, 15) is 4.79 Å². The van der Waals surface area contributed by atoms with Crippen LogP contribution in [0.15, 0.2) is 35.5 Å². The third-order valence-corrected chi connectivity index (χ3v) is 3.17. The summed E-state index contributed by atoms with van der Waals surface area (Å²) in [5.74, 6) is 0.0716. The Morgan fingerprint density at radius 2 is 1.80 bits per heavy atom. The molecule has 20 heavy (non-hydrogen) atoms. The Kier molecular flexibility index (Phi) is 4.65. The van der Waals surface area contributed by atoms with Gasteiger partial charge in [-0.05, 0) is 5.56 Å². The molecule has 1 heterocycles. The Morgan fingerprint density at radius 3 is 2.40 bits per heavy atom. The summed E-state index contributed by atoms with van der Waals surface area (Å²) in [7, 11) is 0. The number of rotatable bonds is 2. The van der Waals surface area contributed by atoms with E-state index in [1.165, 1.54) is 0 Å². The predicted octanol–water partition coefficient (Wildman–Crippen LogP) is 0.645. The smallest absolute Gasteiger partial charge is 0.410 e. The zero-order valence-electron chi connectivity index (χ0n) is 11.1. The van der Waals surface area contributed by atoms with E-state index in [1.807, 2.05) is 30.3 Å². The van der Waals surface area contributed by atoms with Crippen LogP contribution in [0.2, 0.25) is 0 Å². The topological polar surface area (TPSA) is 91.4 Å². The van der Waals surface area contributed by atoms with Crippen molar-refractivity contribution < 1.29 is 14.7 Å². The Balaban J connectivity index is 1.77. The first-order valence-corrected chi connectivity index (χ1v) is 6.39. The first-order chi connectivity index (χ1) is 9.70. The van der Waals surface area contributed by atoms with E-state index in [-0.39, 0.29) is 18.7 Å². The van der Waals surface area contributed by atoms with Gasteiger partial charge in [0, 0.05) is 26.2 Å². The van der Waals surface area contributed by atoms with E-state index in [0.29, 0.717) is 26.2 Å². The van der Waals surface area contributed by atoms with Crippen molar-refractivity contribution in [2.45, 2.75) is 6.61 Å². The van der Waals surface area contributed by atoms with Crippen LogP contribution in [0.25, 0.3) is 0 Å². The molecule has 7 nitrogen and oxygen atoms in total. The molecule has 1 aromatic carbocycles. The molecule has 1 amide bonds. The highest BCUT2D eigenvalue weighted by Gasteiger charge is 2.23. The quantitative estimate of drug-likeness (QED) is 0.358. The average Bonchev–Trinajstić information content (AvgIpc) is 2.53. The number of hydrogen-bond donors (Lipinski definition) is 2. The Labute approximate surface area is 117 Å². The number of amides is 1. The lowest BCUT2D eigenvalue weighted by Gasteiger charge is -2.34. The summed E-state index contributed by atoms with van der Waals surface area (Å²) in [4.78, 5) is 15.2. The number of carbonyl (C=O) groups is 1. The fourth-order valence-electron chi connectivity index (χ4n) is 1.99. The molecule has 0 atom stereocenters. The van der Waals surface area contributed by atoms with E-state index >= 15 is 0 Å². The number of nitrogens with two attached hydrogens (primary N) is 1. The molecule has 2 rings (SSSR count). The molecular formula is C13H18N4O3. The van der Waals surface area contributed by atoms with Gasteiger partial charge in [-0.2, -0.15) is 0 Å². The second kappa shape index (κ2) is 6.65. The van der Waals surface area contributed by atoms with Crippen LogP contribution in [0.3, 0.4) is 0 Å². The van der Waals surface area contributed by atoms with Gasteiger partial charge in [0.05, 0.1) is 0 Å². The van der Waals surface area contributed by atoms with Gasteiger partial charge in [-0.1, -0.05) is 35.5 Å². The Morgan fingerprint density at radius 1 is 1.20 bits per heavy atom. The molecule has 1 aromatic rings. The summed E-state index contributed by atoms with van der Waals surface area (Å²) in [5.41, 5.74) is 6.45. The van der Waals surface area contributed by atoms with Crippen molar-refractivity contribution >= 4 is 12.1 Å². The van der Waals surface area contributed by atoms with Gasteiger partial charge in [0.25, 0.3) is 0 Å². The monoisotopic (exact) mass is 278 g/mol. The number of benzene rings is 1. The standard InChI is InChI=1S/C13H18N4O3/c14-12(15-19)16-6-8-17(9-7-16)13(18)20-10-11-4-2-1-3-5-11/h1-5,19H,6-10H2,(H2,14,15). The number of carbonyl (C=O) groups excluding carboxylic acids is 1. The molecule has 0 aromatic heterocycles. The highest BCUT2D eigenvalue weighted by molar-refractivity contribution is 5.77. The third kappa shape index (κ3) is 3.53. The minimum Gasteiger partial charge on any atom is -0.445 e. The number of ether oxygens (including phenoxy) is 1.